The molecule has 0 saturated carbocycles. The minimum absolute atomic E-state index is 0.616. The smallest absolute Gasteiger partial charge is 0.119 e. The van der Waals surface area contributed by atoms with Gasteiger partial charge in [-0.05, 0) is 64.4 Å². The number of hydrogen-bond donors (Lipinski definition) is 1. The summed E-state index contributed by atoms with van der Waals surface area (Å²) in [6, 6.07) is 9.52. The van der Waals surface area contributed by atoms with Crippen LogP contribution in [-0.2, 0) is 0 Å². The van der Waals surface area contributed by atoms with Crippen LogP contribution in [0.25, 0.3) is 0 Å². The second-order valence-corrected chi connectivity index (χ2v) is 6.05. The van der Waals surface area contributed by atoms with Crippen LogP contribution < -0.4 is 10.1 Å². The molecule has 0 radical (unpaired) electrons. The van der Waals surface area contributed by atoms with E-state index in [4.69, 9.17) is 4.74 Å². The number of rotatable bonds is 4. The molecule has 1 heterocycles. The monoisotopic (exact) mass is 276 g/mol. The van der Waals surface area contributed by atoms with Crippen molar-refractivity contribution in [3.05, 3.63) is 29.8 Å². The van der Waals surface area contributed by atoms with E-state index in [-0.39, 0.29) is 0 Å². The molecule has 1 aliphatic rings. The van der Waals surface area contributed by atoms with Crippen LogP contribution in [0.4, 0.5) is 0 Å². The van der Waals surface area contributed by atoms with Gasteiger partial charge in [-0.15, -0.1) is 0 Å². The van der Waals surface area contributed by atoms with E-state index < -0.39 is 0 Å². The van der Waals surface area contributed by atoms with Crippen LogP contribution >= 0.6 is 0 Å². The molecular formula is C17H28N2O. The summed E-state index contributed by atoms with van der Waals surface area (Å²) in [5.74, 6) is 0.987. The summed E-state index contributed by atoms with van der Waals surface area (Å²) in [4.78, 5) is 2.53. The van der Waals surface area contributed by atoms with Gasteiger partial charge < -0.3 is 10.1 Å². The number of ether oxygens (including phenoxy) is 1. The highest BCUT2D eigenvalue weighted by Crippen LogP contribution is 2.12. The molecule has 0 amide bonds. The summed E-state index contributed by atoms with van der Waals surface area (Å²) >= 11 is 0. The number of nitrogens with one attached hydrogen (secondary N) is 1. The first-order chi connectivity index (χ1) is 9.63. The topological polar surface area (TPSA) is 24.5 Å². The van der Waals surface area contributed by atoms with Crippen LogP contribution in [0.5, 0.6) is 5.75 Å². The summed E-state index contributed by atoms with van der Waals surface area (Å²) < 4.78 is 5.86. The number of aryl methyl sites for hydroxylation is 1. The van der Waals surface area contributed by atoms with E-state index in [1.165, 1.54) is 18.4 Å². The lowest BCUT2D eigenvalue weighted by Gasteiger charge is -2.30. The Morgan fingerprint density at radius 2 is 1.90 bits per heavy atom. The minimum atomic E-state index is 0.616. The summed E-state index contributed by atoms with van der Waals surface area (Å²) in [5.41, 5.74) is 1.25. The van der Waals surface area contributed by atoms with Gasteiger partial charge in [0.2, 0.25) is 0 Å². The summed E-state index contributed by atoms with van der Waals surface area (Å²) in [7, 11) is 0. The molecule has 1 N–H and O–H groups in total. The van der Waals surface area contributed by atoms with Crippen LogP contribution in [0.1, 0.15) is 32.3 Å². The van der Waals surface area contributed by atoms with Crippen molar-refractivity contribution in [3.63, 3.8) is 0 Å². The van der Waals surface area contributed by atoms with Gasteiger partial charge >= 0.3 is 0 Å². The first kappa shape index (κ1) is 15.3. The second kappa shape index (κ2) is 7.65. The standard InChI is InChI=1S/C17H28N2O/c1-14-5-4-6-17(13-14)20-12-11-19-9-7-15(2)18-16(3)8-10-19/h4-6,13,15-16,18H,7-12H2,1-3H3. The molecule has 0 spiro atoms. The molecule has 1 fully saturated rings. The Morgan fingerprint density at radius 3 is 2.55 bits per heavy atom. The molecule has 0 aromatic heterocycles. The lowest BCUT2D eigenvalue weighted by atomic mass is 10.1. The van der Waals surface area contributed by atoms with Crippen molar-refractivity contribution >= 4 is 0 Å². The van der Waals surface area contributed by atoms with E-state index in [1.807, 2.05) is 6.07 Å². The zero-order valence-electron chi connectivity index (χ0n) is 13.1. The second-order valence-electron chi connectivity index (χ2n) is 6.05. The van der Waals surface area contributed by atoms with E-state index in [0.717, 1.165) is 32.0 Å². The number of nitrogens with zero attached hydrogens (tertiary/aromatic N) is 1. The van der Waals surface area contributed by atoms with E-state index in [0.29, 0.717) is 12.1 Å². The maximum Gasteiger partial charge on any atom is 0.119 e. The van der Waals surface area contributed by atoms with Crippen molar-refractivity contribution in [3.8, 4) is 5.75 Å². The van der Waals surface area contributed by atoms with Crippen LogP contribution in [-0.4, -0.2) is 43.2 Å². The van der Waals surface area contributed by atoms with Crippen LogP contribution in [0.2, 0.25) is 0 Å². The molecule has 112 valence electrons. The third-order valence-corrected chi connectivity index (χ3v) is 3.99. The molecule has 0 aliphatic carbocycles. The average Bonchev–Trinajstić information content (AvgIpc) is 2.39. The molecule has 0 bridgehead atoms. The van der Waals surface area contributed by atoms with E-state index in [2.05, 4.69) is 49.2 Å². The Morgan fingerprint density at radius 1 is 1.20 bits per heavy atom. The largest absolute Gasteiger partial charge is 0.492 e. The van der Waals surface area contributed by atoms with Gasteiger partial charge in [0.25, 0.3) is 0 Å². The molecule has 1 saturated heterocycles. The maximum absolute atomic E-state index is 5.86. The third-order valence-electron chi connectivity index (χ3n) is 3.99. The average molecular weight is 276 g/mol. The predicted octanol–water partition coefficient (Wildman–Crippen LogP) is 2.84. The quantitative estimate of drug-likeness (QED) is 0.915. The fraction of sp³-hybridized carbons (Fsp3) is 0.647. The molecule has 2 rings (SSSR count). The zero-order chi connectivity index (χ0) is 14.4. The van der Waals surface area contributed by atoms with Crippen molar-refractivity contribution in [2.45, 2.75) is 45.7 Å². The molecular weight excluding hydrogens is 248 g/mol. The van der Waals surface area contributed by atoms with Gasteiger partial charge in [0.1, 0.15) is 12.4 Å². The third kappa shape index (κ3) is 5.14. The normalized spacial score (nSPS) is 24.9. The zero-order valence-corrected chi connectivity index (χ0v) is 13.1. The predicted molar refractivity (Wildman–Crippen MR) is 84.4 cm³/mol. The van der Waals surface area contributed by atoms with E-state index in [9.17, 15) is 0 Å². The Kier molecular flexibility index (Phi) is 5.86. The highest BCUT2D eigenvalue weighted by molar-refractivity contribution is 5.27. The molecule has 3 heteroatoms. The lowest BCUT2D eigenvalue weighted by Crippen LogP contribution is -2.43. The number of benzene rings is 1. The Labute approximate surface area is 123 Å². The van der Waals surface area contributed by atoms with Crippen LogP contribution in [0.3, 0.4) is 0 Å². The van der Waals surface area contributed by atoms with Crippen molar-refractivity contribution < 1.29 is 4.74 Å². The molecule has 1 aliphatic heterocycles. The highest BCUT2D eigenvalue weighted by Gasteiger charge is 2.15. The Hall–Kier alpha value is -1.06. The van der Waals surface area contributed by atoms with Crippen LogP contribution in [0, 0.1) is 6.92 Å². The molecule has 2 atom stereocenters. The maximum atomic E-state index is 5.86. The summed E-state index contributed by atoms with van der Waals surface area (Å²) in [6.07, 6.45) is 2.43. The fourth-order valence-electron chi connectivity index (χ4n) is 2.74. The summed E-state index contributed by atoms with van der Waals surface area (Å²) in [5, 5.41) is 3.63. The number of hydrogen-bond acceptors (Lipinski definition) is 3. The molecule has 20 heavy (non-hydrogen) atoms. The van der Waals surface area contributed by atoms with Gasteiger partial charge in [-0.1, -0.05) is 12.1 Å². The van der Waals surface area contributed by atoms with Crippen molar-refractivity contribution in [2.75, 3.05) is 26.2 Å². The Balaban J connectivity index is 1.75. The molecule has 3 nitrogen and oxygen atoms in total. The van der Waals surface area contributed by atoms with E-state index in [1.54, 1.807) is 0 Å². The van der Waals surface area contributed by atoms with Crippen molar-refractivity contribution in [1.29, 1.82) is 0 Å². The van der Waals surface area contributed by atoms with Gasteiger partial charge in [0.15, 0.2) is 0 Å². The van der Waals surface area contributed by atoms with Crippen LogP contribution in [0.15, 0.2) is 24.3 Å². The van der Waals surface area contributed by atoms with Gasteiger partial charge in [0, 0.05) is 18.6 Å². The SMILES string of the molecule is Cc1cccc(OCCN2CCC(C)NC(C)CC2)c1. The van der Waals surface area contributed by atoms with Crippen molar-refractivity contribution in [2.24, 2.45) is 0 Å². The first-order valence-electron chi connectivity index (χ1n) is 7.81. The molecule has 1 aromatic rings. The van der Waals surface area contributed by atoms with Crippen molar-refractivity contribution in [1.82, 2.24) is 10.2 Å². The molecule has 1 aromatic carbocycles. The Bertz CT molecular complexity index is 396. The summed E-state index contributed by atoms with van der Waals surface area (Å²) in [6.45, 7) is 10.8. The van der Waals surface area contributed by atoms with Gasteiger partial charge in [-0.3, -0.25) is 4.90 Å². The van der Waals surface area contributed by atoms with Gasteiger partial charge in [0.05, 0.1) is 0 Å². The van der Waals surface area contributed by atoms with E-state index >= 15 is 0 Å². The lowest BCUT2D eigenvalue weighted by molar-refractivity contribution is 0.180. The van der Waals surface area contributed by atoms with Gasteiger partial charge in [-0.2, -0.15) is 0 Å². The minimum Gasteiger partial charge on any atom is -0.492 e. The molecule has 2 unspecified atom stereocenters. The highest BCUT2D eigenvalue weighted by atomic mass is 16.5. The fourth-order valence-corrected chi connectivity index (χ4v) is 2.74. The van der Waals surface area contributed by atoms with Gasteiger partial charge in [-0.25, -0.2) is 0 Å². The first-order valence-corrected chi connectivity index (χ1v) is 7.81.